The fourth-order valence-electron chi connectivity index (χ4n) is 2.53. The summed E-state index contributed by atoms with van der Waals surface area (Å²) in [6.45, 7) is 2.21. The minimum atomic E-state index is 0.322. The lowest BCUT2D eigenvalue weighted by molar-refractivity contribution is 0.952. The number of hydrogen-bond donors (Lipinski definition) is 0. The third kappa shape index (κ3) is 2.37. The monoisotopic (exact) mass is 262 g/mol. The topological polar surface area (TPSA) is 15.6 Å². The summed E-state index contributed by atoms with van der Waals surface area (Å²) >= 11 is 0. The molecule has 0 aliphatic heterocycles. The smallest absolute Gasteiger partial charge is 0.0681 e. The molecule has 20 heavy (non-hydrogen) atoms. The van der Waals surface area contributed by atoms with Crippen LogP contribution >= 0.6 is 0 Å². The Labute approximate surface area is 120 Å². The van der Waals surface area contributed by atoms with Gasteiger partial charge in [0, 0.05) is 13.0 Å². The molecule has 0 spiro atoms. The van der Waals surface area contributed by atoms with Crippen LogP contribution in [-0.2, 0) is 0 Å². The molecule has 0 fully saturated rings. The van der Waals surface area contributed by atoms with Gasteiger partial charge < -0.3 is 0 Å². The molecular formula is C18H18N2. The van der Waals surface area contributed by atoms with E-state index < -0.39 is 0 Å². The Morgan fingerprint density at radius 1 is 0.900 bits per heavy atom. The van der Waals surface area contributed by atoms with Crippen LogP contribution in [0, 0.1) is 0 Å². The SMILES string of the molecule is CC1C(=NN(C)c2ccccc2)C=Cc2ccccc21. The second kappa shape index (κ2) is 5.33. The maximum absolute atomic E-state index is 4.75. The number of benzene rings is 2. The Bertz CT molecular complexity index is 656. The van der Waals surface area contributed by atoms with Crippen molar-refractivity contribution in [3.8, 4) is 0 Å². The molecule has 0 bridgehead atoms. The van der Waals surface area contributed by atoms with E-state index in [1.807, 2.05) is 30.3 Å². The summed E-state index contributed by atoms with van der Waals surface area (Å²) in [5.41, 5.74) is 4.83. The highest BCUT2D eigenvalue weighted by Gasteiger charge is 2.18. The summed E-state index contributed by atoms with van der Waals surface area (Å²) < 4.78 is 0. The zero-order valence-electron chi connectivity index (χ0n) is 11.8. The molecule has 2 aromatic rings. The zero-order valence-corrected chi connectivity index (χ0v) is 11.8. The van der Waals surface area contributed by atoms with E-state index in [0.717, 1.165) is 11.4 Å². The minimum absolute atomic E-state index is 0.322. The van der Waals surface area contributed by atoms with Gasteiger partial charge >= 0.3 is 0 Å². The second-order valence-corrected chi connectivity index (χ2v) is 5.07. The first-order valence-electron chi connectivity index (χ1n) is 6.90. The van der Waals surface area contributed by atoms with Crippen LogP contribution in [0.1, 0.15) is 24.0 Å². The fourth-order valence-corrected chi connectivity index (χ4v) is 2.53. The number of anilines is 1. The van der Waals surface area contributed by atoms with Gasteiger partial charge in [-0.3, -0.25) is 5.01 Å². The van der Waals surface area contributed by atoms with Gasteiger partial charge in [-0.1, -0.05) is 55.5 Å². The predicted molar refractivity (Wildman–Crippen MR) is 86.2 cm³/mol. The van der Waals surface area contributed by atoms with Crippen LogP contribution in [0.25, 0.3) is 6.08 Å². The normalized spacial score (nSPS) is 18.9. The van der Waals surface area contributed by atoms with E-state index in [2.05, 4.69) is 55.5 Å². The first kappa shape index (κ1) is 12.7. The summed E-state index contributed by atoms with van der Waals surface area (Å²) in [6, 6.07) is 18.7. The number of allylic oxidation sites excluding steroid dienone is 1. The van der Waals surface area contributed by atoms with Crippen LogP contribution < -0.4 is 5.01 Å². The fraction of sp³-hybridized carbons (Fsp3) is 0.167. The first-order chi connectivity index (χ1) is 9.75. The van der Waals surface area contributed by atoms with Crippen molar-refractivity contribution >= 4 is 17.5 Å². The van der Waals surface area contributed by atoms with Crippen molar-refractivity contribution in [2.24, 2.45) is 5.10 Å². The second-order valence-electron chi connectivity index (χ2n) is 5.07. The van der Waals surface area contributed by atoms with Crippen LogP contribution in [0.3, 0.4) is 0 Å². The molecule has 0 radical (unpaired) electrons. The lowest BCUT2D eigenvalue weighted by Gasteiger charge is -2.22. The first-order valence-corrected chi connectivity index (χ1v) is 6.90. The molecule has 0 heterocycles. The van der Waals surface area contributed by atoms with Gasteiger partial charge in [-0.15, -0.1) is 0 Å². The number of para-hydroxylation sites is 1. The van der Waals surface area contributed by atoms with Gasteiger partial charge in [0.1, 0.15) is 0 Å². The molecule has 0 N–H and O–H groups in total. The predicted octanol–water partition coefficient (Wildman–Crippen LogP) is 4.31. The van der Waals surface area contributed by atoms with Crippen molar-refractivity contribution in [1.29, 1.82) is 0 Å². The van der Waals surface area contributed by atoms with Crippen LogP contribution in [0.4, 0.5) is 5.69 Å². The Morgan fingerprint density at radius 2 is 1.60 bits per heavy atom. The van der Waals surface area contributed by atoms with Gasteiger partial charge in [0.2, 0.25) is 0 Å². The molecule has 1 unspecified atom stereocenters. The Morgan fingerprint density at radius 3 is 2.40 bits per heavy atom. The molecule has 1 aliphatic rings. The molecule has 2 nitrogen and oxygen atoms in total. The van der Waals surface area contributed by atoms with Crippen molar-refractivity contribution in [3.05, 3.63) is 71.8 Å². The molecule has 1 aliphatic carbocycles. The summed E-state index contributed by atoms with van der Waals surface area (Å²) in [6.07, 6.45) is 4.26. The van der Waals surface area contributed by atoms with Crippen molar-refractivity contribution in [2.75, 3.05) is 12.1 Å². The van der Waals surface area contributed by atoms with Gasteiger partial charge in [-0.2, -0.15) is 5.10 Å². The number of hydrazone groups is 1. The highest BCUT2D eigenvalue weighted by molar-refractivity contribution is 6.05. The van der Waals surface area contributed by atoms with Crippen molar-refractivity contribution < 1.29 is 0 Å². The summed E-state index contributed by atoms with van der Waals surface area (Å²) in [7, 11) is 1.99. The summed E-state index contributed by atoms with van der Waals surface area (Å²) in [5.74, 6) is 0.322. The Hall–Kier alpha value is -2.35. The molecule has 2 aromatic carbocycles. The van der Waals surface area contributed by atoms with E-state index in [1.54, 1.807) is 0 Å². The Kier molecular flexibility index (Phi) is 3.38. The highest BCUT2D eigenvalue weighted by Crippen LogP contribution is 2.28. The van der Waals surface area contributed by atoms with Crippen LogP contribution in [0.15, 0.2) is 65.8 Å². The van der Waals surface area contributed by atoms with Gasteiger partial charge in [-0.25, -0.2) is 0 Å². The van der Waals surface area contributed by atoms with E-state index in [-0.39, 0.29) is 0 Å². The van der Waals surface area contributed by atoms with E-state index in [0.29, 0.717) is 5.92 Å². The Balaban J connectivity index is 1.91. The van der Waals surface area contributed by atoms with Crippen LogP contribution in [-0.4, -0.2) is 12.8 Å². The van der Waals surface area contributed by atoms with Gasteiger partial charge in [0.15, 0.2) is 0 Å². The average molecular weight is 262 g/mol. The summed E-state index contributed by atoms with van der Waals surface area (Å²) in [5, 5.41) is 6.68. The molecule has 3 rings (SSSR count). The quantitative estimate of drug-likeness (QED) is 0.736. The largest absolute Gasteiger partial charge is 0.268 e. The maximum atomic E-state index is 4.75. The molecule has 100 valence electrons. The van der Waals surface area contributed by atoms with E-state index in [1.165, 1.54) is 11.1 Å². The van der Waals surface area contributed by atoms with E-state index in [9.17, 15) is 0 Å². The van der Waals surface area contributed by atoms with E-state index >= 15 is 0 Å². The molecule has 0 saturated carbocycles. The average Bonchev–Trinajstić information content (AvgIpc) is 2.51. The molecule has 0 aromatic heterocycles. The molecule has 2 heteroatoms. The maximum Gasteiger partial charge on any atom is 0.0681 e. The number of fused-ring (bicyclic) bond motifs is 1. The zero-order chi connectivity index (χ0) is 13.9. The number of rotatable bonds is 2. The van der Waals surface area contributed by atoms with Gasteiger partial charge in [-0.05, 0) is 29.3 Å². The minimum Gasteiger partial charge on any atom is -0.268 e. The van der Waals surface area contributed by atoms with E-state index in [4.69, 9.17) is 5.10 Å². The molecule has 0 saturated heterocycles. The van der Waals surface area contributed by atoms with Crippen molar-refractivity contribution in [3.63, 3.8) is 0 Å². The lowest BCUT2D eigenvalue weighted by Crippen LogP contribution is -2.18. The molecular weight excluding hydrogens is 244 g/mol. The van der Waals surface area contributed by atoms with Crippen LogP contribution in [0.2, 0.25) is 0 Å². The molecule has 0 amide bonds. The molecule has 1 atom stereocenters. The standard InChI is InChI=1S/C18H18N2/c1-14-17-11-7-6-8-15(17)12-13-18(14)19-20(2)16-9-4-3-5-10-16/h3-14H,1-2H3. The van der Waals surface area contributed by atoms with Gasteiger partial charge in [0.05, 0.1) is 11.4 Å². The third-order valence-electron chi connectivity index (χ3n) is 3.74. The number of nitrogens with zero attached hydrogens (tertiary/aromatic N) is 2. The van der Waals surface area contributed by atoms with Crippen molar-refractivity contribution in [2.45, 2.75) is 12.8 Å². The van der Waals surface area contributed by atoms with Crippen molar-refractivity contribution in [1.82, 2.24) is 0 Å². The van der Waals surface area contributed by atoms with Gasteiger partial charge in [0.25, 0.3) is 0 Å². The summed E-state index contributed by atoms with van der Waals surface area (Å²) in [4.78, 5) is 0. The lowest BCUT2D eigenvalue weighted by atomic mass is 9.87. The third-order valence-corrected chi connectivity index (χ3v) is 3.74. The number of hydrogen-bond acceptors (Lipinski definition) is 2. The van der Waals surface area contributed by atoms with Crippen LogP contribution in [0.5, 0.6) is 0 Å². The highest BCUT2D eigenvalue weighted by atomic mass is 15.4.